The zero-order valence-electron chi connectivity index (χ0n) is 33.8. The number of anilines is 3. The van der Waals surface area contributed by atoms with E-state index in [4.69, 9.17) is 0 Å². The van der Waals surface area contributed by atoms with Crippen molar-refractivity contribution in [1.82, 2.24) is 9.13 Å². The van der Waals surface area contributed by atoms with Crippen LogP contribution >= 0.6 is 0 Å². The number of nitrogens with zero attached hydrogens (tertiary/aromatic N) is 3. The van der Waals surface area contributed by atoms with Crippen molar-refractivity contribution in [2.24, 2.45) is 0 Å². The molecular weight excluding hydrogens is 727 g/mol. The molecule has 2 heterocycles. The topological polar surface area (TPSA) is 13.1 Å². The van der Waals surface area contributed by atoms with Crippen LogP contribution in [-0.4, -0.2) is 9.13 Å². The molecule has 0 saturated carbocycles. The summed E-state index contributed by atoms with van der Waals surface area (Å²) in [6, 6.07) is 69.2. The second kappa shape index (κ2) is 13.3. The smallest absolute Gasteiger partial charge is 0.0795 e. The number of rotatable bonds is 6. The molecule has 2 aliphatic rings. The molecule has 10 aromatic rings. The summed E-state index contributed by atoms with van der Waals surface area (Å²) in [5.41, 5.74) is 19.9. The Morgan fingerprint density at radius 2 is 1.07 bits per heavy atom. The lowest BCUT2D eigenvalue weighted by atomic mass is 9.81. The second-order valence-corrected chi connectivity index (χ2v) is 16.8. The van der Waals surface area contributed by atoms with Gasteiger partial charge in [0.05, 0.1) is 16.6 Å². The summed E-state index contributed by atoms with van der Waals surface area (Å²) in [5, 5.41) is 3.84. The van der Waals surface area contributed by atoms with Crippen molar-refractivity contribution in [3.8, 4) is 33.6 Å². The molecular formula is C57H43N3. The number of hydrogen-bond acceptors (Lipinski definition) is 1. The van der Waals surface area contributed by atoms with Crippen LogP contribution in [0.15, 0.2) is 194 Å². The maximum Gasteiger partial charge on any atom is 0.0795 e. The van der Waals surface area contributed by atoms with Gasteiger partial charge in [0.25, 0.3) is 0 Å². The average Bonchev–Trinajstić information content (AvgIpc) is 3.91. The molecule has 8 aromatic carbocycles. The van der Waals surface area contributed by atoms with Crippen LogP contribution in [0, 0.1) is 0 Å². The van der Waals surface area contributed by atoms with E-state index in [1.165, 1.54) is 83.0 Å². The number of allylic oxidation sites excluding steroid dienone is 1. The minimum absolute atomic E-state index is 0.227. The highest BCUT2D eigenvalue weighted by molar-refractivity contribution is 6.25. The van der Waals surface area contributed by atoms with Gasteiger partial charge in [-0.1, -0.05) is 135 Å². The van der Waals surface area contributed by atoms with Crippen molar-refractivity contribution in [2.45, 2.75) is 32.1 Å². The van der Waals surface area contributed by atoms with Crippen LogP contribution in [-0.2, 0) is 11.8 Å². The van der Waals surface area contributed by atoms with Crippen molar-refractivity contribution >= 4 is 55.8 Å². The van der Waals surface area contributed by atoms with E-state index in [1.54, 1.807) is 0 Å². The van der Waals surface area contributed by atoms with Crippen molar-refractivity contribution < 1.29 is 0 Å². The van der Waals surface area contributed by atoms with Gasteiger partial charge in [0.15, 0.2) is 0 Å². The summed E-state index contributed by atoms with van der Waals surface area (Å²) in [6.07, 6.45) is 6.76. The van der Waals surface area contributed by atoms with Gasteiger partial charge in [-0.05, 0) is 125 Å². The predicted octanol–water partition coefficient (Wildman–Crippen LogP) is 15.1. The number of para-hydroxylation sites is 5. The molecule has 0 bridgehead atoms. The van der Waals surface area contributed by atoms with E-state index < -0.39 is 0 Å². The van der Waals surface area contributed by atoms with E-state index in [1.807, 2.05) is 0 Å². The normalized spacial score (nSPS) is 13.8. The Balaban J connectivity index is 1.11. The minimum atomic E-state index is -0.227. The Morgan fingerprint density at radius 1 is 0.483 bits per heavy atom. The lowest BCUT2D eigenvalue weighted by Gasteiger charge is -2.28. The summed E-state index contributed by atoms with van der Waals surface area (Å²) in [5.74, 6) is 0. The van der Waals surface area contributed by atoms with Gasteiger partial charge in [-0.2, -0.15) is 0 Å². The lowest BCUT2D eigenvalue weighted by Crippen LogP contribution is -2.16. The van der Waals surface area contributed by atoms with Gasteiger partial charge in [-0.25, -0.2) is 0 Å². The van der Waals surface area contributed by atoms with E-state index in [2.05, 4.69) is 228 Å². The summed E-state index contributed by atoms with van der Waals surface area (Å²) in [6.45, 7) is 4.81. The number of benzene rings is 8. The van der Waals surface area contributed by atoms with Crippen LogP contribution in [0.4, 0.5) is 17.1 Å². The summed E-state index contributed by atoms with van der Waals surface area (Å²) < 4.78 is 5.08. The maximum absolute atomic E-state index is 2.56. The first kappa shape index (κ1) is 34.7. The third kappa shape index (κ3) is 5.09. The van der Waals surface area contributed by atoms with Crippen molar-refractivity contribution in [3.05, 3.63) is 217 Å². The molecule has 12 rings (SSSR count). The Labute approximate surface area is 350 Å². The first-order valence-electron chi connectivity index (χ1n) is 21.2. The fraction of sp³-hybridized carbons (Fsp3) is 0.0877. The fourth-order valence-corrected chi connectivity index (χ4v) is 10.4. The number of hydrogen-bond donors (Lipinski definition) is 0. The van der Waals surface area contributed by atoms with Crippen molar-refractivity contribution in [3.63, 3.8) is 0 Å². The molecule has 2 aliphatic carbocycles. The molecule has 0 amide bonds. The van der Waals surface area contributed by atoms with E-state index >= 15 is 0 Å². The minimum Gasteiger partial charge on any atom is -0.311 e. The summed E-state index contributed by atoms with van der Waals surface area (Å²) in [7, 11) is 0. The van der Waals surface area contributed by atoms with E-state index in [9.17, 15) is 0 Å². The summed E-state index contributed by atoms with van der Waals surface area (Å²) in [4.78, 5) is 2.37. The molecule has 0 N–H and O–H groups in total. The lowest BCUT2D eigenvalue weighted by molar-refractivity contribution is 0.660. The van der Waals surface area contributed by atoms with Crippen molar-refractivity contribution in [1.29, 1.82) is 0 Å². The molecule has 0 unspecified atom stereocenters. The molecule has 0 fully saturated rings. The van der Waals surface area contributed by atoms with Crippen LogP contribution in [0.3, 0.4) is 0 Å². The van der Waals surface area contributed by atoms with Gasteiger partial charge in [0.2, 0.25) is 0 Å². The standard InChI is InChI=1S/C57H43N3/c1-57(2)50-35-38(31-33-44(50)45-34-32-43(36-51(45)57)58(39-19-7-3-8-20-39)40-21-9-4-10-22-40)48-37-49-46-27-15-17-29-52(46)59(41-23-11-5-12-24-41)55(49)56-54(48)47-28-16-18-30-53(47)60(56)42-25-13-6-14-26-42/h3-16,18-28,30-37H,17,29H2,1-2H3. The Hall–Kier alpha value is -7.36. The molecule has 0 spiro atoms. The fourth-order valence-electron chi connectivity index (χ4n) is 10.4. The largest absolute Gasteiger partial charge is 0.311 e. The highest BCUT2D eigenvalue weighted by Gasteiger charge is 2.37. The molecule has 0 atom stereocenters. The third-order valence-corrected chi connectivity index (χ3v) is 13.1. The van der Waals surface area contributed by atoms with Crippen LogP contribution in [0.25, 0.3) is 72.4 Å². The second-order valence-electron chi connectivity index (χ2n) is 16.8. The van der Waals surface area contributed by atoms with E-state index in [-0.39, 0.29) is 5.41 Å². The number of aromatic nitrogens is 2. The van der Waals surface area contributed by atoms with Gasteiger partial charge >= 0.3 is 0 Å². The quantitative estimate of drug-likeness (QED) is 0.164. The van der Waals surface area contributed by atoms with Crippen molar-refractivity contribution in [2.75, 3.05) is 4.90 Å². The molecule has 3 nitrogen and oxygen atoms in total. The Kier molecular flexibility index (Phi) is 7.71. The van der Waals surface area contributed by atoms with Crippen LogP contribution in [0.1, 0.15) is 42.7 Å². The first-order valence-corrected chi connectivity index (χ1v) is 21.2. The molecule has 0 saturated heterocycles. The zero-order chi connectivity index (χ0) is 40.0. The van der Waals surface area contributed by atoms with Crippen LogP contribution in [0.5, 0.6) is 0 Å². The molecule has 3 heteroatoms. The van der Waals surface area contributed by atoms with Gasteiger partial charge in [0, 0.05) is 61.3 Å². The van der Waals surface area contributed by atoms with Gasteiger partial charge in [-0.3, -0.25) is 0 Å². The SMILES string of the molecule is CC1(C)c2cc(-c3cc4c5c(n(-c6ccccc6)c4c4c3c3ccccc3n4-c3ccccc3)CCC=C5)ccc2-c2ccc(N(c3ccccc3)c3ccccc3)cc21. The zero-order valence-corrected chi connectivity index (χ0v) is 33.8. The Morgan fingerprint density at radius 3 is 1.75 bits per heavy atom. The van der Waals surface area contributed by atoms with E-state index in [0.29, 0.717) is 0 Å². The monoisotopic (exact) mass is 769 g/mol. The molecule has 0 aliphatic heterocycles. The maximum atomic E-state index is 2.56. The van der Waals surface area contributed by atoms with Gasteiger partial charge in [0.1, 0.15) is 0 Å². The first-order chi connectivity index (χ1) is 29.6. The molecule has 2 aromatic heterocycles. The molecule has 286 valence electrons. The van der Waals surface area contributed by atoms with E-state index in [0.717, 1.165) is 35.6 Å². The highest BCUT2D eigenvalue weighted by atomic mass is 15.1. The van der Waals surface area contributed by atoms with Gasteiger partial charge < -0.3 is 14.0 Å². The Bertz CT molecular complexity index is 3270. The van der Waals surface area contributed by atoms with Gasteiger partial charge in [-0.15, -0.1) is 0 Å². The predicted molar refractivity (Wildman–Crippen MR) is 253 cm³/mol. The van der Waals surface area contributed by atoms with Crippen LogP contribution < -0.4 is 4.90 Å². The third-order valence-electron chi connectivity index (χ3n) is 13.1. The van der Waals surface area contributed by atoms with Crippen LogP contribution in [0.2, 0.25) is 0 Å². The molecule has 0 radical (unpaired) electrons. The summed E-state index contributed by atoms with van der Waals surface area (Å²) >= 11 is 0. The highest BCUT2D eigenvalue weighted by Crippen LogP contribution is 2.53. The average molecular weight is 770 g/mol. The molecule has 60 heavy (non-hydrogen) atoms. The number of fused-ring (bicyclic) bond motifs is 10.